The monoisotopic (exact) mass is 277 g/mol. The van der Waals surface area contributed by atoms with Crippen LogP contribution in [0.5, 0.6) is 0 Å². The molecule has 1 aliphatic heterocycles. The van der Waals surface area contributed by atoms with E-state index < -0.39 is 22.1 Å². The lowest BCUT2D eigenvalue weighted by Gasteiger charge is -2.34. The zero-order valence-electron chi connectivity index (χ0n) is 8.95. The first kappa shape index (κ1) is 12.5. The van der Waals surface area contributed by atoms with E-state index in [1.807, 2.05) is 0 Å². The zero-order valence-corrected chi connectivity index (χ0v) is 10.6. The van der Waals surface area contributed by atoms with Crippen LogP contribution in [-0.4, -0.2) is 48.1 Å². The third-order valence-corrected chi connectivity index (χ3v) is 6.02. The Balaban J connectivity index is 2.34. The molecule has 2 N–H and O–H groups in total. The van der Waals surface area contributed by atoms with Gasteiger partial charge in [0, 0.05) is 13.1 Å². The smallest absolute Gasteiger partial charge is 0.346 e. The summed E-state index contributed by atoms with van der Waals surface area (Å²) in [5.41, 5.74) is 0.433. The van der Waals surface area contributed by atoms with Gasteiger partial charge in [0.05, 0.1) is 6.10 Å². The molecule has 2 rings (SSSR count). The lowest BCUT2D eigenvalue weighted by atomic mass is 10.2. The van der Waals surface area contributed by atoms with Crippen molar-refractivity contribution in [3.63, 3.8) is 0 Å². The minimum Gasteiger partial charge on any atom is -0.477 e. The van der Waals surface area contributed by atoms with Gasteiger partial charge in [0.1, 0.15) is 9.09 Å². The van der Waals surface area contributed by atoms with Gasteiger partial charge in [-0.15, -0.1) is 11.3 Å². The van der Waals surface area contributed by atoms with Crippen LogP contribution in [-0.2, 0) is 10.0 Å². The molecule has 0 aromatic carbocycles. The van der Waals surface area contributed by atoms with Crippen LogP contribution in [0.15, 0.2) is 10.3 Å². The first-order valence-electron chi connectivity index (χ1n) is 4.84. The van der Waals surface area contributed by atoms with E-state index in [0.29, 0.717) is 5.56 Å². The SMILES string of the molecule is Cc1cc(S(=O)(=O)N2CC(O)C2)sc1C(=O)O. The van der Waals surface area contributed by atoms with Gasteiger partial charge < -0.3 is 10.2 Å². The zero-order chi connectivity index (χ0) is 12.8. The van der Waals surface area contributed by atoms with E-state index in [-0.39, 0.29) is 22.2 Å². The molecule has 0 amide bonds. The molecule has 1 aliphatic rings. The Morgan fingerprint density at radius 3 is 2.53 bits per heavy atom. The number of aromatic carboxylic acids is 1. The Labute approximate surface area is 102 Å². The average Bonchev–Trinajstić information content (AvgIpc) is 2.56. The standard InChI is InChI=1S/C9H11NO5S2/c1-5-2-7(16-8(5)9(12)13)17(14,15)10-3-6(11)4-10/h2,6,11H,3-4H2,1H3,(H,12,13). The minimum atomic E-state index is -3.64. The van der Waals surface area contributed by atoms with E-state index in [1.165, 1.54) is 6.07 Å². The second kappa shape index (κ2) is 4.05. The van der Waals surface area contributed by atoms with E-state index in [1.54, 1.807) is 6.92 Å². The number of thiophene rings is 1. The third kappa shape index (κ3) is 2.08. The quantitative estimate of drug-likeness (QED) is 0.818. The molecule has 0 spiro atoms. The molecule has 2 heterocycles. The van der Waals surface area contributed by atoms with Gasteiger partial charge in [0.25, 0.3) is 10.0 Å². The third-order valence-electron chi connectivity index (χ3n) is 2.51. The molecule has 1 saturated heterocycles. The molecular formula is C9H11NO5S2. The van der Waals surface area contributed by atoms with Gasteiger partial charge in [0.15, 0.2) is 0 Å². The highest BCUT2D eigenvalue weighted by Gasteiger charge is 2.37. The summed E-state index contributed by atoms with van der Waals surface area (Å²) in [7, 11) is -3.64. The molecule has 0 radical (unpaired) electrons. The van der Waals surface area contributed by atoms with Gasteiger partial charge in [-0.2, -0.15) is 4.31 Å². The highest BCUT2D eigenvalue weighted by molar-refractivity contribution is 7.91. The highest BCUT2D eigenvalue weighted by atomic mass is 32.2. The maximum atomic E-state index is 12.0. The van der Waals surface area contributed by atoms with Crippen molar-refractivity contribution in [2.24, 2.45) is 0 Å². The largest absolute Gasteiger partial charge is 0.477 e. The Hall–Kier alpha value is -0.960. The summed E-state index contributed by atoms with van der Waals surface area (Å²) < 4.78 is 25.1. The molecule has 0 saturated carbocycles. The van der Waals surface area contributed by atoms with E-state index in [0.717, 1.165) is 15.6 Å². The number of sulfonamides is 1. The van der Waals surface area contributed by atoms with Crippen LogP contribution in [0.1, 0.15) is 15.2 Å². The minimum absolute atomic E-state index is 0.0132. The van der Waals surface area contributed by atoms with Crippen molar-refractivity contribution in [2.75, 3.05) is 13.1 Å². The summed E-state index contributed by atoms with van der Waals surface area (Å²) in [6, 6.07) is 1.36. The number of β-amino-alcohol motifs (C(OH)–C–C–N with tert-alkyl or cyclic N) is 1. The van der Waals surface area contributed by atoms with Crippen LogP contribution < -0.4 is 0 Å². The average molecular weight is 277 g/mol. The second-order valence-electron chi connectivity index (χ2n) is 3.86. The van der Waals surface area contributed by atoms with E-state index in [2.05, 4.69) is 0 Å². The molecule has 0 unspecified atom stereocenters. The van der Waals surface area contributed by atoms with Crippen molar-refractivity contribution < 1.29 is 23.4 Å². The molecule has 0 aliphatic carbocycles. The fraction of sp³-hybridized carbons (Fsp3) is 0.444. The summed E-state index contributed by atoms with van der Waals surface area (Å²) in [6.07, 6.45) is -0.621. The van der Waals surface area contributed by atoms with Crippen molar-refractivity contribution in [2.45, 2.75) is 17.2 Å². The first-order valence-corrected chi connectivity index (χ1v) is 7.10. The summed E-state index contributed by atoms with van der Waals surface area (Å²) in [5, 5.41) is 17.9. The predicted molar refractivity (Wildman–Crippen MR) is 60.8 cm³/mol. The fourth-order valence-electron chi connectivity index (χ4n) is 1.53. The number of nitrogens with zero attached hydrogens (tertiary/aromatic N) is 1. The van der Waals surface area contributed by atoms with Gasteiger partial charge in [-0.05, 0) is 18.6 Å². The number of carbonyl (C=O) groups is 1. The Morgan fingerprint density at radius 1 is 1.53 bits per heavy atom. The number of hydrogen-bond donors (Lipinski definition) is 2. The molecule has 0 bridgehead atoms. The van der Waals surface area contributed by atoms with Crippen LogP contribution in [0, 0.1) is 6.92 Å². The molecule has 1 aromatic rings. The van der Waals surface area contributed by atoms with Gasteiger partial charge in [-0.25, -0.2) is 13.2 Å². The summed E-state index contributed by atoms with van der Waals surface area (Å²) in [5.74, 6) is -1.13. The van der Waals surface area contributed by atoms with Crippen molar-refractivity contribution in [3.05, 3.63) is 16.5 Å². The van der Waals surface area contributed by atoms with Crippen molar-refractivity contribution in [1.82, 2.24) is 4.31 Å². The van der Waals surface area contributed by atoms with Crippen LogP contribution in [0.2, 0.25) is 0 Å². The number of aliphatic hydroxyl groups excluding tert-OH is 1. The molecular weight excluding hydrogens is 266 g/mol. The molecule has 8 heteroatoms. The first-order chi connectivity index (χ1) is 7.82. The number of aliphatic hydroxyl groups is 1. The molecule has 94 valence electrons. The summed E-state index contributed by atoms with van der Waals surface area (Å²) in [4.78, 5) is 10.9. The van der Waals surface area contributed by atoms with Crippen molar-refractivity contribution in [1.29, 1.82) is 0 Å². The van der Waals surface area contributed by atoms with E-state index >= 15 is 0 Å². The Kier molecular flexibility index (Phi) is 2.98. The van der Waals surface area contributed by atoms with Gasteiger partial charge in [-0.3, -0.25) is 0 Å². The topological polar surface area (TPSA) is 94.9 Å². The van der Waals surface area contributed by atoms with Gasteiger partial charge >= 0.3 is 5.97 Å². The fourth-order valence-corrected chi connectivity index (χ4v) is 4.58. The van der Waals surface area contributed by atoms with Gasteiger partial charge in [-0.1, -0.05) is 0 Å². The van der Waals surface area contributed by atoms with Crippen molar-refractivity contribution in [3.8, 4) is 0 Å². The van der Waals surface area contributed by atoms with Crippen LogP contribution >= 0.6 is 11.3 Å². The molecule has 1 fully saturated rings. The molecule has 6 nitrogen and oxygen atoms in total. The maximum absolute atomic E-state index is 12.0. The van der Waals surface area contributed by atoms with E-state index in [4.69, 9.17) is 10.2 Å². The number of aryl methyl sites for hydroxylation is 1. The van der Waals surface area contributed by atoms with Crippen molar-refractivity contribution >= 4 is 27.3 Å². The van der Waals surface area contributed by atoms with Crippen LogP contribution in [0.25, 0.3) is 0 Å². The Bertz CT molecular complexity index is 556. The van der Waals surface area contributed by atoms with Gasteiger partial charge in [0.2, 0.25) is 0 Å². The predicted octanol–water partition coefficient (Wildman–Crippen LogP) is 0.120. The second-order valence-corrected chi connectivity index (χ2v) is 7.08. The number of rotatable bonds is 3. The number of carboxylic acids is 1. The number of carboxylic acid groups (broad SMARTS) is 1. The lowest BCUT2D eigenvalue weighted by Crippen LogP contribution is -2.53. The molecule has 0 atom stereocenters. The normalized spacial score (nSPS) is 18.0. The molecule has 17 heavy (non-hydrogen) atoms. The van der Waals surface area contributed by atoms with Crippen LogP contribution in [0.4, 0.5) is 0 Å². The summed E-state index contributed by atoms with van der Waals surface area (Å²) in [6.45, 7) is 1.70. The van der Waals surface area contributed by atoms with Crippen LogP contribution in [0.3, 0.4) is 0 Å². The number of hydrogen-bond acceptors (Lipinski definition) is 5. The Morgan fingerprint density at radius 2 is 2.12 bits per heavy atom. The lowest BCUT2D eigenvalue weighted by molar-refractivity contribution is 0.0549. The summed E-state index contributed by atoms with van der Waals surface area (Å²) >= 11 is 0.743. The highest BCUT2D eigenvalue weighted by Crippen LogP contribution is 2.30. The molecule has 1 aromatic heterocycles. The maximum Gasteiger partial charge on any atom is 0.346 e. The van der Waals surface area contributed by atoms with E-state index in [9.17, 15) is 13.2 Å².